The van der Waals surface area contributed by atoms with Gasteiger partial charge in [0.15, 0.2) is 0 Å². The van der Waals surface area contributed by atoms with Crippen LogP contribution in [0.25, 0.3) is 0 Å². The molecular formula is C16H21N3O4S. The van der Waals surface area contributed by atoms with E-state index >= 15 is 0 Å². The molecule has 24 heavy (non-hydrogen) atoms. The van der Waals surface area contributed by atoms with Gasteiger partial charge in [-0.3, -0.25) is 9.40 Å². The van der Waals surface area contributed by atoms with Crippen LogP contribution in [0.2, 0.25) is 0 Å². The molecule has 8 heteroatoms. The molecule has 2 aromatic rings. The second kappa shape index (κ2) is 7.04. The first-order valence-corrected chi connectivity index (χ1v) is 9.08. The van der Waals surface area contributed by atoms with Crippen molar-refractivity contribution in [2.45, 2.75) is 38.6 Å². The van der Waals surface area contributed by atoms with Gasteiger partial charge in [0.25, 0.3) is 10.0 Å². The summed E-state index contributed by atoms with van der Waals surface area (Å²) < 4.78 is 34.0. The Morgan fingerprint density at radius 2 is 1.92 bits per heavy atom. The molecule has 0 aliphatic rings. The van der Waals surface area contributed by atoms with Gasteiger partial charge < -0.3 is 4.74 Å². The number of hydrogen-bond donors (Lipinski definition) is 1. The fraction of sp³-hybridized carbons (Fsp3) is 0.375. The van der Waals surface area contributed by atoms with Gasteiger partial charge in [-0.2, -0.15) is 5.10 Å². The summed E-state index contributed by atoms with van der Waals surface area (Å²) in [5.74, 6) is -0.444. The van der Waals surface area contributed by atoms with E-state index in [4.69, 9.17) is 4.74 Å². The second-order valence-electron chi connectivity index (χ2n) is 5.56. The minimum absolute atomic E-state index is 0.0662. The van der Waals surface area contributed by atoms with Crippen LogP contribution in [0, 0.1) is 6.92 Å². The van der Waals surface area contributed by atoms with Gasteiger partial charge in [0.2, 0.25) is 0 Å². The van der Waals surface area contributed by atoms with E-state index in [9.17, 15) is 13.2 Å². The highest BCUT2D eigenvalue weighted by atomic mass is 32.2. The van der Waals surface area contributed by atoms with Gasteiger partial charge in [-0.25, -0.2) is 13.2 Å². The maximum Gasteiger partial charge on any atom is 0.338 e. The van der Waals surface area contributed by atoms with Crippen LogP contribution in [0.1, 0.15) is 42.9 Å². The molecule has 0 bridgehead atoms. The Balaban J connectivity index is 2.22. The largest absolute Gasteiger partial charge is 0.462 e. The van der Waals surface area contributed by atoms with Gasteiger partial charge in [0, 0.05) is 17.9 Å². The fourth-order valence-electron chi connectivity index (χ4n) is 2.09. The van der Waals surface area contributed by atoms with Gasteiger partial charge in [-0.15, -0.1) is 0 Å². The highest BCUT2D eigenvalue weighted by molar-refractivity contribution is 7.92. The number of esters is 1. The van der Waals surface area contributed by atoms with E-state index in [1.165, 1.54) is 30.5 Å². The third-order valence-electron chi connectivity index (χ3n) is 3.34. The van der Waals surface area contributed by atoms with Crippen molar-refractivity contribution in [3.05, 3.63) is 41.7 Å². The zero-order valence-corrected chi connectivity index (χ0v) is 14.9. The van der Waals surface area contributed by atoms with Crippen molar-refractivity contribution < 1.29 is 17.9 Å². The summed E-state index contributed by atoms with van der Waals surface area (Å²) in [6.07, 6.45) is 1.51. The van der Waals surface area contributed by atoms with E-state index < -0.39 is 16.0 Å². The summed E-state index contributed by atoms with van der Waals surface area (Å²) in [5, 5.41) is 4.21. The average molecular weight is 351 g/mol. The third-order valence-corrected chi connectivity index (χ3v) is 4.82. The summed E-state index contributed by atoms with van der Waals surface area (Å²) in [6.45, 7) is 7.50. The molecule has 2 rings (SSSR count). The number of carbonyl (C=O) groups is 1. The van der Waals surface area contributed by atoms with Crippen LogP contribution in [0.5, 0.6) is 0 Å². The lowest BCUT2D eigenvalue weighted by Gasteiger charge is -2.08. The highest BCUT2D eigenvalue weighted by Gasteiger charge is 2.21. The topological polar surface area (TPSA) is 90.3 Å². The maximum absolute atomic E-state index is 12.5. The van der Waals surface area contributed by atoms with Crippen molar-refractivity contribution >= 4 is 21.7 Å². The lowest BCUT2D eigenvalue weighted by atomic mass is 10.2. The van der Waals surface area contributed by atoms with E-state index in [1.54, 1.807) is 18.5 Å². The van der Waals surface area contributed by atoms with Crippen LogP contribution in [-0.2, 0) is 14.8 Å². The fourth-order valence-corrected chi connectivity index (χ4v) is 3.33. The van der Waals surface area contributed by atoms with E-state index in [1.807, 2.05) is 13.8 Å². The molecule has 0 saturated heterocycles. The quantitative estimate of drug-likeness (QED) is 0.808. The summed E-state index contributed by atoms with van der Waals surface area (Å²) in [6, 6.07) is 6.13. The van der Waals surface area contributed by atoms with Crippen molar-refractivity contribution in [3.63, 3.8) is 0 Å². The standard InChI is InChI=1S/C16H21N3O4S/c1-5-23-16(20)13-6-8-14(9-7-13)18-24(21,22)15-10-19(11(2)3)17-12(15)4/h6-11,18H,5H2,1-4H3. The smallest absolute Gasteiger partial charge is 0.338 e. The minimum Gasteiger partial charge on any atom is -0.462 e. The predicted octanol–water partition coefficient (Wildman–Crippen LogP) is 2.75. The molecule has 0 spiro atoms. The van der Waals surface area contributed by atoms with Crippen molar-refractivity contribution in [2.75, 3.05) is 11.3 Å². The van der Waals surface area contributed by atoms with Gasteiger partial charge >= 0.3 is 5.97 Å². The summed E-state index contributed by atoms with van der Waals surface area (Å²) in [4.78, 5) is 11.7. The van der Waals surface area contributed by atoms with Crippen molar-refractivity contribution in [3.8, 4) is 0 Å². The number of rotatable bonds is 6. The first kappa shape index (κ1) is 18.0. The third kappa shape index (κ3) is 3.94. The van der Waals surface area contributed by atoms with Crippen LogP contribution < -0.4 is 4.72 Å². The molecule has 0 amide bonds. The van der Waals surface area contributed by atoms with Crippen LogP contribution in [0.4, 0.5) is 5.69 Å². The molecule has 0 radical (unpaired) electrons. The first-order chi connectivity index (χ1) is 11.2. The van der Waals surface area contributed by atoms with Crippen LogP contribution in [0.15, 0.2) is 35.4 Å². The lowest BCUT2D eigenvalue weighted by molar-refractivity contribution is 0.0526. The summed E-state index contributed by atoms with van der Waals surface area (Å²) >= 11 is 0. The molecule has 1 aromatic heterocycles. The monoisotopic (exact) mass is 351 g/mol. The molecule has 0 saturated carbocycles. The highest BCUT2D eigenvalue weighted by Crippen LogP contribution is 2.20. The van der Waals surface area contributed by atoms with Gasteiger partial charge in [0.05, 0.1) is 17.9 Å². The number of hydrogen-bond acceptors (Lipinski definition) is 5. The number of aryl methyl sites for hydroxylation is 1. The van der Waals surface area contributed by atoms with Crippen molar-refractivity contribution in [1.29, 1.82) is 0 Å². The zero-order valence-electron chi connectivity index (χ0n) is 14.1. The second-order valence-corrected chi connectivity index (χ2v) is 7.21. The Morgan fingerprint density at radius 3 is 2.42 bits per heavy atom. The van der Waals surface area contributed by atoms with E-state index in [0.29, 0.717) is 16.9 Å². The number of sulfonamides is 1. The molecule has 0 unspecified atom stereocenters. The Kier molecular flexibility index (Phi) is 5.28. The predicted molar refractivity (Wildman–Crippen MR) is 90.6 cm³/mol. The Hall–Kier alpha value is -2.35. The number of nitrogens with one attached hydrogen (secondary N) is 1. The molecule has 0 aliphatic heterocycles. The van der Waals surface area contributed by atoms with Crippen molar-refractivity contribution in [1.82, 2.24) is 9.78 Å². The Morgan fingerprint density at radius 1 is 1.29 bits per heavy atom. The zero-order chi connectivity index (χ0) is 17.9. The Labute approximate surface area is 141 Å². The van der Waals surface area contributed by atoms with Gasteiger partial charge in [-0.05, 0) is 52.0 Å². The normalized spacial score (nSPS) is 11.5. The van der Waals surface area contributed by atoms with Crippen LogP contribution in [-0.4, -0.2) is 30.8 Å². The lowest BCUT2D eigenvalue weighted by Crippen LogP contribution is -2.13. The van der Waals surface area contributed by atoms with E-state index in [0.717, 1.165) is 0 Å². The molecular weight excluding hydrogens is 330 g/mol. The van der Waals surface area contributed by atoms with Crippen LogP contribution in [0.3, 0.4) is 0 Å². The first-order valence-electron chi connectivity index (χ1n) is 7.60. The molecule has 7 nitrogen and oxygen atoms in total. The molecule has 1 heterocycles. The molecule has 0 fully saturated rings. The Bertz CT molecular complexity index is 824. The number of anilines is 1. The molecule has 0 atom stereocenters. The van der Waals surface area contributed by atoms with E-state index in [2.05, 4.69) is 9.82 Å². The molecule has 1 N–H and O–H groups in total. The number of aromatic nitrogens is 2. The maximum atomic E-state index is 12.5. The molecule has 1 aromatic carbocycles. The summed E-state index contributed by atoms with van der Waals surface area (Å²) in [7, 11) is -3.75. The molecule has 0 aliphatic carbocycles. The minimum atomic E-state index is -3.75. The SMILES string of the molecule is CCOC(=O)c1ccc(NS(=O)(=O)c2cn(C(C)C)nc2C)cc1. The number of benzene rings is 1. The average Bonchev–Trinajstić information content (AvgIpc) is 2.91. The van der Waals surface area contributed by atoms with Gasteiger partial charge in [-0.1, -0.05) is 0 Å². The van der Waals surface area contributed by atoms with Gasteiger partial charge in [0.1, 0.15) is 4.90 Å². The van der Waals surface area contributed by atoms with Crippen molar-refractivity contribution in [2.24, 2.45) is 0 Å². The van der Waals surface area contributed by atoms with E-state index in [-0.39, 0.29) is 17.5 Å². The van der Waals surface area contributed by atoms with Crippen LogP contribution >= 0.6 is 0 Å². The summed E-state index contributed by atoms with van der Waals surface area (Å²) in [5.41, 5.74) is 1.16. The number of ether oxygens (including phenoxy) is 1. The number of carbonyl (C=O) groups excluding carboxylic acids is 1. The molecule has 130 valence electrons. The number of nitrogens with zero attached hydrogens (tertiary/aromatic N) is 2.